The molecule has 1 amide bonds. The molecule has 2 aromatic carbocycles. The van der Waals surface area contributed by atoms with Gasteiger partial charge in [0.1, 0.15) is 6.04 Å². The van der Waals surface area contributed by atoms with Gasteiger partial charge in [-0.1, -0.05) is 50.4 Å². The summed E-state index contributed by atoms with van der Waals surface area (Å²) >= 11 is 0. The molecule has 0 saturated heterocycles. The molecule has 0 radical (unpaired) electrons. The topological polar surface area (TPSA) is 135 Å². The SMILES string of the molecule is C=C(NC(C)C)c1ccc2c(c1)CCc1cc(C(=O)NC(C)C)ccc1C2(CC[C@@H](C)NCC(=C)N(C(C)C#N)C(C)C(C)C)c1nn[nH]n1. The third kappa shape index (κ3) is 8.44. The van der Waals surface area contributed by atoms with E-state index in [1.165, 1.54) is 5.56 Å². The average molecular weight is 680 g/mol. The Kier molecular flexibility index (Phi) is 12.6. The average Bonchev–Trinajstić information content (AvgIpc) is 3.57. The second-order valence-corrected chi connectivity index (χ2v) is 14.9. The largest absolute Gasteiger partial charge is 0.383 e. The van der Waals surface area contributed by atoms with Crippen molar-refractivity contribution < 1.29 is 4.79 Å². The molecule has 0 fully saturated rings. The van der Waals surface area contributed by atoms with Gasteiger partial charge in [-0.3, -0.25) is 4.79 Å². The molecule has 50 heavy (non-hydrogen) atoms. The van der Waals surface area contributed by atoms with Crippen molar-refractivity contribution in [2.75, 3.05) is 6.54 Å². The number of hydrogen-bond donors (Lipinski definition) is 4. The summed E-state index contributed by atoms with van der Waals surface area (Å²) in [5, 5.41) is 36.1. The van der Waals surface area contributed by atoms with Gasteiger partial charge >= 0.3 is 0 Å². The zero-order chi connectivity index (χ0) is 36.7. The van der Waals surface area contributed by atoms with E-state index >= 15 is 0 Å². The lowest BCUT2D eigenvalue weighted by Gasteiger charge is -2.38. The van der Waals surface area contributed by atoms with Crippen molar-refractivity contribution in [2.24, 2.45) is 5.92 Å². The minimum absolute atomic E-state index is 0.0313. The molecule has 1 aromatic heterocycles. The number of carbonyl (C=O) groups excluding carboxylic acids is 1. The quantitative estimate of drug-likeness (QED) is 0.139. The van der Waals surface area contributed by atoms with Gasteiger partial charge in [0.2, 0.25) is 0 Å². The van der Waals surface area contributed by atoms with Crippen molar-refractivity contribution in [1.29, 1.82) is 5.26 Å². The molecule has 4 N–H and O–H groups in total. The summed E-state index contributed by atoms with van der Waals surface area (Å²) in [6, 6.07) is 15.3. The van der Waals surface area contributed by atoms with Crippen molar-refractivity contribution in [2.45, 2.75) is 124 Å². The summed E-state index contributed by atoms with van der Waals surface area (Å²) in [7, 11) is 0. The maximum absolute atomic E-state index is 13.2. The number of hydrogen-bond acceptors (Lipinski definition) is 8. The molecule has 0 aliphatic heterocycles. The number of amides is 1. The second kappa shape index (κ2) is 16.5. The number of nitrogens with one attached hydrogen (secondary N) is 4. The summed E-state index contributed by atoms with van der Waals surface area (Å²) in [6.07, 6.45) is 3.02. The zero-order valence-electron chi connectivity index (χ0n) is 31.5. The first-order valence-corrected chi connectivity index (χ1v) is 18.1. The normalized spacial score (nSPS) is 17.3. The van der Waals surface area contributed by atoms with Crippen LogP contribution in [0.2, 0.25) is 0 Å². The van der Waals surface area contributed by atoms with Gasteiger partial charge in [0.25, 0.3) is 5.91 Å². The van der Waals surface area contributed by atoms with Gasteiger partial charge in [-0.05, 0) is 126 Å². The molecule has 10 heteroatoms. The first kappa shape index (κ1) is 38.3. The molecular weight excluding hydrogens is 623 g/mol. The van der Waals surface area contributed by atoms with Crippen LogP contribution in [0.4, 0.5) is 0 Å². The van der Waals surface area contributed by atoms with Crippen LogP contribution < -0.4 is 16.0 Å². The Morgan fingerprint density at radius 1 is 0.940 bits per heavy atom. The van der Waals surface area contributed by atoms with Gasteiger partial charge in [0.15, 0.2) is 5.82 Å². The van der Waals surface area contributed by atoms with E-state index in [0.717, 1.165) is 52.9 Å². The molecule has 268 valence electrons. The number of nitrogens with zero attached hydrogens (tertiary/aromatic N) is 5. The molecule has 0 saturated carbocycles. The Labute approximate surface area is 299 Å². The van der Waals surface area contributed by atoms with E-state index in [0.29, 0.717) is 30.3 Å². The highest BCUT2D eigenvalue weighted by Crippen LogP contribution is 2.47. The number of aryl methyl sites for hydroxylation is 2. The predicted molar refractivity (Wildman–Crippen MR) is 201 cm³/mol. The molecule has 3 aromatic rings. The van der Waals surface area contributed by atoms with E-state index in [4.69, 9.17) is 0 Å². The number of aromatic nitrogens is 4. The molecular formula is C40H57N9O. The minimum Gasteiger partial charge on any atom is -0.383 e. The lowest BCUT2D eigenvalue weighted by molar-refractivity contribution is 0.0943. The van der Waals surface area contributed by atoms with Crippen LogP contribution in [0, 0.1) is 17.2 Å². The third-order valence-electron chi connectivity index (χ3n) is 9.99. The van der Waals surface area contributed by atoms with E-state index in [1.54, 1.807) is 0 Å². The Hall–Kier alpha value is -4.49. The molecule has 4 rings (SSSR count). The van der Waals surface area contributed by atoms with Crippen molar-refractivity contribution in [1.82, 2.24) is 41.5 Å². The Balaban J connectivity index is 1.76. The number of benzene rings is 2. The lowest BCUT2D eigenvalue weighted by atomic mass is 9.68. The number of fused-ring (bicyclic) bond motifs is 2. The Morgan fingerprint density at radius 3 is 2.08 bits per heavy atom. The van der Waals surface area contributed by atoms with Gasteiger partial charge in [0.05, 0.1) is 11.5 Å². The molecule has 1 aliphatic rings. The minimum atomic E-state index is -0.729. The standard InChI is InChI=1S/C40H57N9O/c1-24(2)31(11)49(28(8)22-41)29(9)23-42-27(7)18-19-40(39-45-47-48-46-39)36-16-14-32(30(10)43-25(3)4)20-33(36)12-13-34-21-35(15-17-37(34)40)38(50)44-26(5)6/h14-17,20-21,24-28,31,42-43H,9-10,12-13,18-19,23H2,1-8,11H3,(H,44,50)(H,45,46,47,48)/t27-,28?,31?,40?/m1/s1. The first-order chi connectivity index (χ1) is 23.7. The van der Waals surface area contributed by atoms with Crippen LogP contribution in [-0.4, -0.2) is 68.2 Å². The summed E-state index contributed by atoms with van der Waals surface area (Å²) in [6.45, 7) is 28.0. The summed E-state index contributed by atoms with van der Waals surface area (Å²) in [5.74, 6) is 0.892. The second-order valence-electron chi connectivity index (χ2n) is 14.9. The summed E-state index contributed by atoms with van der Waals surface area (Å²) < 4.78 is 0. The molecule has 3 unspecified atom stereocenters. The highest BCUT2D eigenvalue weighted by atomic mass is 16.1. The van der Waals surface area contributed by atoms with Crippen LogP contribution in [0.25, 0.3) is 5.70 Å². The van der Waals surface area contributed by atoms with E-state index in [2.05, 4.69) is 127 Å². The van der Waals surface area contributed by atoms with Gasteiger partial charge in [-0.2, -0.15) is 10.5 Å². The van der Waals surface area contributed by atoms with Crippen LogP contribution in [0.15, 0.2) is 55.3 Å². The van der Waals surface area contributed by atoms with E-state index in [1.807, 2.05) is 32.9 Å². The number of H-pyrrole nitrogens is 1. The molecule has 1 heterocycles. The summed E-state index contributed by atoms with van der Waals surface area (Å²) in [5.41, 5.74) is 7.25. The van der Waals surface area contributed by atoms with E-state index < -0.39 is 5.41 Å². The molecule has 4 atom stereocenters. The van der Waals surface area contributed by atoms with Crippen molar-refractivity contribution >= 4 is 11.6 Å². The van der Waals surface area contributed by atoms with Gasteiger partial charge in [-0.15, -0.1) is 10.2 Å². The van der Waals surface area contributed by atoms with Gasteiger partial charge in [-0.25, -0.2) is 0 Å². The molecule has 1 aliphatic carbocycles. The molecule has 0 bridgehead atoms. The third-order valence-corrected chi connectivity index (χ3v) is 9.99. The number of aromatic amines is 1. The summed E-state index contributed by atoms with van der Waals surface area (Å²) in [4.78, 5) is 15.3. The monoisotopic (exact) mass is 679 g/mol. The van der Waals surface area contributed by atoms with Crippen LogP contribution >= 0.6 is 0 Å². The fourth-order valence-electron chi connectivity index (χ4n) is 7.14. The van der Waals surface area contributed by atoms with Crippen LogP contribution in [-0.2, 0) is 18.3 Å². The van der Waals surface area contributed by atoms with Gasteiger partial charge in [0, 0.05) is 47.7 Å². The highest BCUT2D eigenvalue weighted by molar-refractivity contribution is 5.94. The van der Waals surface area contributed by atoms with Crippen LogP contribution in [0.3, 0.4) is 0 Å². The fraction of sp³-hybridized carbons (Fsp3) is 0.525. The maximum Gasteiger partial charge on any atom is 0.251 e. The number of rotatable bonds is 16. The molecule has 0 spiro atoms. The van der Waals surface area contributed by atoms with Crippen molar-refractivity contribution in [3.8, 4) is 6.07 Å². The smallest absolute Gasteiger partial charge is 0.251 e. The van der Waals surface area contributed by atoms with Crippen LogP contribution in [0.1, 0.15) is 119 Å². The van der Waals surface area contributed by atoms with Crippen molar-refractivity contribution in [3.63, 3.8) is 0 Å². The number of carbonyl (C=O) groups is 1. The van der Waals surface area contributed by atoms with Gasteiger partial charge < -0.3 is 20.9 Å². The highest BCUT2D eigenvalue weighted by Gasteiger charge is 2.44. The van der Waals surface area contributed by atoms with Crippen LogP contribution in [0.5, 0.6) is 0 Å². The van der Waals surface area contributed by atoms with E-state index in [-0.39, 0.29) is 36.1 Å². The number of nitriles is 1. The number of tetrazole rings is 1. The van der Waals surface area contributed by atoms with Crippen molar-refractivity contribution in [3.05, 3.63) is 94.5 Å². The fourth-order valence-corrected chi connectivity index (χ4v) is 7.14. The Morgan fingerprint density at radius 2 is 1.54 bits per heavy atom. The Bertz CT molecular complexity index is 1610. The van der Waals surface area contributed by atoms with E-state index in [9.17, 15) is 10.1 Å². The lowest BCUT2D eigenvalue weighted by Crippen LogP contribution is -2.45. The predicted octanol–water partition coefficient (Wildman–Crippen LogP) is 6.27. The zero-order valence-corrected chi connectivity index (χ0v) is 31.5. The first-order valence-electron chi connectivity index (χ1n) is 18.1. The maximum atomic E-state index is 13.2. The molecule has 10 nitrogen and oxygen atoms in total.